The Kier molecular flexibility index (Phi) is 10.3. The van der Waals surface area contributed by atoms with Crippen molar-refractivity contribution in [3.05, 3.63) is 65.2 Å². The molecule has 4 N–H and O–H groups in total. The number of alkyl carbamates (subject to hydrolysis) is 1. The lowest BCUT2D eigenvalue weighted by atomic mass is 10.00. The highest BCUT2D eigenvalue weighted by molar-refractivity contribution is 5.92. The molecule has 2 aromatic carbocycles. The van der Waals surface area contributed by atoms with Crippen molar-refractivity contribution < 1.29 is 29.3 Å². The molecule has 0 aliphatic carbocycles. The number of hydrogen-bond donors (Lipinski definition) is 4. The molecule has 0 bridgehead atoms. The predicted octanol–water partition coefficient (Wildman–Crippen LogP) is 3.18. The average Bonchev–Trinajstić information content (AvgIpc) is 2.82. The van der Waals surface area contributed by atoms with E-state index in [0.717, 1.165) is 5.56 Å². The first kappa shape index (κ1) is 28.6. The van der Waals surface area contributed by atoms with Gasteiger partial charge in [0.1, 0.15) is 23.4 Å². The summed E-state index contributed by atoms with van der Waals surface area (Å²) in [6.07, 6.45) is -0.326. The van der Waals surface area contributed by atoms with Crippen molar-refractivity contribution in [1.82, 2.24) is 15.5 Å². The van der Waals surface area contributed by atoms with E-state index in [2.05, 4.69) is 10.6 Å². The van der Waals surface area contributed by atoms with E-state index >= 15 is 0 Å². The molecule has 0 heterocycles. The number of aliphatic hydroxyl groups excluding tert-OH is 1. The highest BCUT2D eigenvalue weighted by Gasteiger charge is 2.35. The number of aromatic hydroxyl groups is 1. The quantitative estimate of drug-likeness (QED) is 0.398. The predicted molar refractivity (Wildman–Crippen MR) is 136 cm³/mol. The largest absolute Gasteiger partial charge is 0.508 e. The Labute approximate surface area is 212 Å². The SMILES string of the molecule is CCCN(C(=O)C(CO)NC(=O)OC(C)(C)C)C(C(=O)NCc1ccccc1)c1ccc(O)c(C)c1. The lowest BCUT2D eigenvalue weighted by Gasteiger charge is -2.34. The summed E-state index contributed by atoms with van der Waals surface area (Å²) in [6, 6.07) is 11.7. The van der Waals surface area contributed by atoms with E-state index in [1.807, 2.05) is 37.3 Å². The summed E-state index contributed by atoms with van der Waals surface area (Å²) in [7, 11) is 0. The van der Waals surface area contributed by atoms with Crippen LogP contribution in [0.25, 0.3) is 0 Å². The minimum atomic E-state index is -1.31. The van der Waals surface area contributed by atoms with Crippen LogP contribution in [0.5, 0.6) is 5.75 Å². The van der Waals surface area contributed by atoms with Gasteiger partial charge in [0.25, 0.3) is 0 Å². The molecule has 9 nitrogen and oxygen atoms in total. The van der Waals surface area contributed by atoms with Crippen molar-refractivity contribution in [2.24, 2.45) is 0 Å². The summed E-state index contributed by atoms with van der Waals surface area (Å²) in [4.78, 5) is 40.7. The molecule has 2 atom stereocenters. The summed E-state index contributed by atoms with van der Waals surface area (Å²) in [5.74, 6) is -0.995. The number of nitrogens with zero attached hydrogens (tertiary/aromatic N) is 1. The van der Waals surface area contributed by atoms with E-state index in [-0.39, 0.29) is 18.8 Å². The summed E-state index contributed by atoms with van der Waals surface area (Å²) < 4.78 is 5.23. The van der Waals surface area contributed by atoms with E-state index in [0.29, 0.717) is 17.5 Å². The normalized spacial score (nSPS) is 12.8. The number of aliphatic hydroxyl groups is 1. The molecule has 36 heavy (non-hydrogen) atoms. The molecule has 9 heteroatoms. The maximum absolute atomic E-state index is 13.6. The van der Waals surface area contributed by atoms with Gasteiger partial charge in [-0.15, -0.1) is 0 Å². The number of amides is 3. The average molecular weight is 500 g/mol. The second-order valence-corrected chi connectivity index (χ2v) is 9.56. The molecule has 0 aromatic heterocycles. The molecule has 2 aromatic rings. The molecule has 2 unspecified atom stereocenters. The van der Waals surface area contributed by atoms with Crippen molar-refractivity contribution in [1.29, 1.82) is 0 Å². The molecular weight excluding hydrogens is 462 g/mol. The van der Waals surface area contributed by atoms with Gasteiger partial charge in [0.2, 0.25) is 11.8 Å². The fourth-order valence-corrected chi connectivity index (χ4v) is 3.65. The van der Waals surface area contributed by atoms with E-state index in [1.54, 1.807) is 39.8 Å². The van der Waals surface area contributed by atoms with Crippen molar-refractivity contribution in [3.63, 3.8) is 0 Å². The van der Waals surface area contributed by atoms with Crippen molar-refractivity contribution in [2.45, 2.75) is 65.3 Å². The molecule has 0 fully saturated rings. The monoisotopic (exact) mass is 499 g/mol. The van der Waals surface area contributed by atoms with E-state index in [1.165, 1.54) is 11.0 Å². The van der Waals surface area contributed by atoms with Crippen LogP contribution in [0.3, 0.4) is 0 Å². The third-order valence-electron chi connectivity index (χ3n) is 5.33. The van der Waals surface area contributed by atoms with Gasteiger partial charge >= 0.3 is 6.09 Å². The lowest BCUT2D eigenvalue weighted by molar-refractivity contribution is -0.143. The zero-order valence-corrected chi connectivity index (χ0v) is 21.6. The van der Waals surface area contributed by atoms with E-state index < -0.39 is 42.2 Å². The first-order valence-electron chi connectivity index (χ1n) is 12.0. The number of carbonyl (C=O) groups excluding carboxylic acids is 3. The number of carbonyl (C=O) groups is 3. The van der Waals surface area contributed by atoms with E-state index in [4.69, 9.17) is 4.74 Å². The Balaban J connectivity index is 2.39. The molecule has 0 aliphatic rings. The maximum Gasteiger partial charge on any atom is 0.408 e. The van der Waals surface area contributed by atoms with Crippen molar-refractivity contribution >= 4 is 17.9 Å². The van der Waals surface area contributed by atoms with Crippen LogP contribution in [-0.2, 0) is 20.9 Å². The first-order chi connectivity index (χ1) is 17.0. The fourth-order valence-electron chi connectivity index (χ4n) is 3.65. The molecule has 196 valence electrons. The van der Waals surface area contributed by atoms with Crippen LogP contribution in [0.4, 0.5) is 4.79 Å². The van der Waals surface area contributed by atoms with Gasteiger partial charge in [0.05, 0.1) is 6.61 Å². The van der Waals surface area contributed by atoms with Gasteiger partial charge in [-0.05, 0) is 62.9 Å². The third-order valence-corrected chi connectivity index (χ3v) is 5.33. The minimum absolute atomic E-state index is 0.0652. The van der Waals surface area contributed by atoms with Gasteiger partial charge in [-0.1, -0.05) is 43.3 Å². The third kappa shape index (κ3) is 8.27. The summed E-state index contributed by atoms with van der Waals surface area (Å²) in [6.45, 7) is 8.38. The van der Waals surface area contributed by atoms with Gasteiger partial charge in [-0.25, -0.2) is 4.79 Å². The number of phenolic OH excluding ortho intramolecular Hbond substituents is 1. The summed E-state index contributed by atoms with van der Waals surface area (Å²) in [5.41, 5.74) is 1.13. The Bertz CT molecular complexity index is 1040. The highest BCUT2D eigenvalue weighted by Crippen LogP contribution is 2.27. The highest BCUT2D eigenvalue weighted by atomic mass is 16.6. The number of phenols is 1. The van der Waals surface area contributed by atoms with Crippen LogP contribution in [0.1, 0.15) is 56.8 Å². The molecule has 3 amide bonds. The molecule has 0 saturated carbocycles. The fraction of sp³-hybridized carbons (Fsp3) is 0.444. The number of aryl methyl sites for hydroxylation is 1. The topological polar surface area (TPSA) is 128 Å². The Hall–Kier alpha value is -3.59. The summed E-state index contributed by atoms with van der Waals surface area (Å²) >= 11 is 0. The number of rotatable bonds is 10. The molecule has 2 rings (SSSR count). The lowest BCUT2D eigenvalue weighted by Crippen LogP contribution is -2.54. The Morgan fingerprint density at radius 3 is 2.31 bits per heavy atom. The minimum Gasteiger partial charge on any atom is -0.508 e. The molecule has 0 saturated heterocycles. The van der Waals surface area contributed by atoms with E-state index in [9.17, 15) is 24.6 Å². The van der Waals surface area contributed by atoms with Gasteiger partial charge in [-0.3, -0.25) is 9.59 Å². The second-order valence-electron chi connectivity index (χ2n) is 9.56. The standard InChI is InChI=1S/C27H37N3O6/c1-6-14-30(25(34)21(17-31)29-26(35)36-27(3,4)5)23(20-12-13-22(32)18(2)15-20)24(33)28-16-19-10-8-7-9-11-19/h7-13,15,21,23,31-32H,6,14,16-17H2,1-5H3,(H,28,33)(H,29,35). The van der Waals surface area contributed by atoms with Gasteiger partial charge in [0, 0.05) is 13.1 Å². The summed E-state index contributed by atoms with van der Waals surface area (Å²) in [5, 5.41) is 25.2. The van der Waals surface area contributed by atoms with Crippen LogP contribution in [0, 0.1) is 6.92 Å². The van der Waals surface area contributed by atoms with Crippen molar-refractivity contribution in [3.8, 4) is 5.75 Å². The van der Waals surface area contributed by atoms with Gasteiger partial charge in [0.15, 0.2) is 0 Å². The zero-order valence-electron chi connectivity index (χ0n) is 21.6. The van der Waals surface area contributed by atoms with Gasteiger partial charge in [-0.2, -0.15) is 0 Å². The smallest absolute Gasteiger partial charge is 0.408 e. The second kappa shape index (κ2) is 12.9. The van der Waals surface area contributed by atoms with Crippen LogP contribution >= 0.6 is 0 Å². The zero-order chi connectivity index (χ0) is 26.9. The van der Waals surface area contributed by atoms with Gasteiger partial charge < -0.3 is 30.5 Å². The number of nitrogens with one attached hydrogen (secondary N) is 2. The first-order valence-corrected chi connectivity index (χ1v) is 12.0. The molecular formula is C27H37N3O6. The number of benzene rings is 2. The Morgan fingerprint density at radius 1 is 1.08 bits per heavy atom. The molecule has 0 spiro atoms. The van der Waals surface area contributed by atoms with Crippen LogP contribution in [0.2, 0.25) is 0 Å². The molecule has 0 aliphatic heterocycles. The van der Waals surface area contributed by atoms with Crippen LogP contribution in [-0.4, -0.2) is 57.8 Å². The van der Waals surface area contributed by atoms with Crippen LogP contribution in [0.15, 0.2) is 48.5 Å². The number of hydrogen-bond acceptors (Lipinski definition) is 6. The maximum atomic E-state index is 13.6. The molecule has 0 radical (unpaired) electrons. The van der Waals surface area contributed by atoms with Crippen LogP contribution < -0.4 is 10.6 Å². The number of ether oxygens (including phenoxy) is 1. The van der Waals surface area contributed by atoms with Crippen molar-refractivity contribution in [2.75, 3.05) is 13.2 Å². The Morgan fingerprint density at radius 2 is 1.75 bits per heavy atom.